The maximum Gasteiger partial charge on any atom is 0.410 e. The average molecular weight is 340 g/mol. The Labute approximate surface area is 143 Å². The Bertz CT molecular complexity index is 571. The summed E-state index contributed by atoms with van der Waals surface area (Å²) < 4.78 is 5.46. The van der Waals surface area contributed by atoms with Crippen molar-refractivity contribution in [3.05, 3.63) is 28.5 Å². The van der Waals surface area contributed by atoms with E-state index in [4.69, 9.17) is 16.3 Å². The fourth-order valence-electron chi connectivity index (χ4n) is 2.67. The molecule has 0 saturated carbocycles. The van der Waals surface area contributed by atoms with Crippen molar-refractivity contribution < 1.29 is 9.53 Å². The van der Waals surface area contributed by atoms with Crippen LogP contribution in [0.4, 0.5) is 4.79 Å². The van der Waals surface area contributed by atoms with E-state index in [0.717, 1.165) is 18.8 Å². The number of amides is 1. The minimum absolute atomic E-state index is 0.228. The molecule has 2 heterocycles. The van der Waals surface area contributed by atoms with Crippen LogP contribution in [0.25, 0.3) is 0 Å². The second kappa shape index (κ2) is 7.05. The van der Waals surface area contributed by atoms with Crippen molar-refractivity contribution in [1.82, 2.24) is 14.8 Å². The van der Waals surface area contributed by atoms with Gasteiger partial charge in [0.25, 0.3) is 0 Å². The highest BCUT2D eigenvalue weighted by Gasteiger charge is 2.29. The average Bonchev–Trinajstić information content (AvgIpc) is 2.41. The van der Waals surface area contributed by atoms with Crippen LogP contribution >= 0.6 is 11.6 Å². The fraction of sp³-hybridized carbons (Fsp3) is 0.647. The van der Waals surface area contributed by atoms with E-state index >= 15 is 0 Å². The molecule has 5 nitrogen and oxygen atoms in total. The van der Waals surface area contributed by atoms with Crippen molar-refractivity contribution >= 4 is 17.7 Å². The molecule has 1 atom stereocenters. The first-order chi connectivity index (χ1) is 10.7. The smallest absolute Gasteiger partial charge is 0.410 e. The molecule has 0 bridgehead atoms. The first kappa shape index (κ1) is 18.0. The molecule has 0 spiro atoms. The molecular weight excluding hydrogens is 314 g/mol. The van der Waals surface area contributed by atoms with Crippen molar-refractivity contribution in [3.63, 3.8) is 0 Å². The van der Waals surface area contributed by atoms with Crippen molar-refractivity contribution in [1.29, 1.82) is 0 Å². The highest BCUT2D eigenvalue weighted by Crippen LogP contribution is 2.19. The van der Waals surface area contributed by atoms with Crippen LogP contribution in [0.5, 0.6) is 0 Å². The predicted octanol–water partition coefficient (Wildman–Crippen LogP) is 3.48. The summed E-state index contributed by atoms with van der Waals surface area (Å²) in [5.41, 5.74) is 1.68. The van der Waals surface area contributed by atoms with Crippen molar-refractivity contribution in [2.75, 3.05) is 19.6 Å². The van der Waals surface area contributed by atoms with Gasteiger partial charge in [-0.2, -0.15) is 0 Å². The van der Waals surface area contributed by atoms with Gasteiger partial charge in [-0.05, 0) is 46.2 Å². The summed E-state index contributed by atoms with van der Waals surface area (Å²) >= 11 is 5.91. The highest BCUT2D eigenvalue weighted by molar-refractivity contribution is 6.29. The van der Waals surface area contributed by atoms with Crippen LogP contribution in [-0.2, 0) is 11.3 Å². The van der Waals surface area contributed by atoms with E-state index in [2.05, 4.69) is 16.8 Å². The fourth-order valence-corrected chi connectivity index (χ4v) is 2.86. The van der Waals surface area contributed by atoms with Gasteiger partial charge in [0, 0.05) is 37.9 Å². The Kier molecular flexibility index (Phi) is 5.53. The number of carbonyl (C=O) groups is 1. The molecule has 0 aliphatic carbocycles. The molecule has 1 aromatic rings. The molecule has 1 aromatic heterocycles. The number of nitrogens with zero attached hydrogens (tertiary/aromatic N) is 3. The zero-order valence-electron chi connectivity index (χ0n) is 14.6. The molecule has 0 aromatic carbocycles. The molecule has 1 saturated heterocycles. The summed E-state index contributed by atoms with van der Waals surface area (Å²) in [5, 5.41) is 0.522. The summed E-state index contributed by atoms with van der Waals surface area (Å²) in [4.78, 5) is 20.6. The van der Waals surface area contributed by atoms with Crippen molar-refractivity contribution in [3.8, 4) is 0 Å². The third-order valence-corrected chi connectivity index (χ3v) is 4.16. The molecule has 23 heavy (non-hydrogen) atoms. The Balaban J connectivity index is 1.95. The number of piperazine rings is 1. The van der Waals surface area contributed by atoms with Crippen molar-refractivity contribution in [2.24, 2.45) is 0 Å². The summed E-state index contributed by atoms with van der Waals surface area (Å²) in [6.07, 6.45) is -0.228. The lowest BCUT2D eigenvalue weighted by Gasteiger charge is -2.40. The molecule has 128 valence electrons. The first-order valence-corrected chi connectivity index (χ1v) is 8.37. The number of aryl methyl sites for hydroxylation is 1. The van der Waals surface area contributed by atoms with Crippen LogP contribution in [0, 0.1) is 6.92 Å². The zero-order valence-corrected chi connectivity index (χ0v) is 15.4. The summed E-state index contributed by atoms with van der Waals surface area (Å²) in [6.45, 7) is 12.8. The van der Waals surface area contributed by atoms with Gasteiger partial charge in [0.15, 0.2) is 0 Å². The van der Waals surface area contributed by atoms with Crippen molar-refractivity contribution in [2.45, 2.75) is 52.8 Å². The molecule has 1 amide bonds. The Hall–Kier alpha value is -1.33. The largest absolute Gasteiger partial charge is 0.444 e. The van der Waals surface area contributed by atoms with Gasteiger partial charge in [0.2, 0.25) is 0 Å². The van der Waals surface area contributed by atoms with E-state index in [1.54, 1.807) is 4.90 Å². The van der Waals surface area contributed by atoms with E-state index in [1.807, 2.05) is 39.8 Å². The van der Waals surface area contributed by atoms with Gasteiger partial charge < -0.3 is 9.64 Å². The van der Waals surface area contributed by atoms with Crippen LogP contribution in [-0.4, -0.2) is 52.2 Å². The van der Waals surface area contributed by atoms with Gasteiger partial charge in [-0.1, -0.05) is 17.7 Å². The summed E-state index contributed by atoms with van der Waals surface area (Å²) in [6, 6.07) is 4.12. The maximum atomic E-state index is 12.2. The van der Waals surface area contributed by atoms with E-state index in [9.17, 15) is 4.79 Å². The monoisotopic (exact) mass is 339 g/mol. The lowest BCUT2D eigenvalue weighted by molar-refractivity contribution is 0.00456. The number of carbonyl (C=O) groups excluding carboxylic acids is 1. The molecule has 2 rings (SSSR count). The summed E-state index contributed by atoms with van der Waals surface area (Å²) in [7, 11) is 0. The lowest BCUT2D eigenvalue weighted by Crippen LogP contribution is -2.54. The quantitative estimate of drug-likeness (QED) is 0.774. The normalized spacial score (nSPS) is 19.7. The third kappa shape index (κ3) is 5.08. The number of ether oxygens (including phenoxy) is 1. The molecule has 1 aliphatic rings. The standard InChI is InChI=1S/C17H26ClN3O2/c1-12-10-21(16(22)23-17(3,4)5)9-8-20(12)11-14-6-7-15(18)19-13(14)2/h6-7,12H,8-11H2,1-5H3/t12-/m1/s1. The van der Waals surface area contributed by atoms with Crippen LogP contribution in [0.3, 0.4) is 0 Å². The lowest BCUT2D eigenvalue weighted by atomic mass is 10.1. The Morgan fingerprint density at radius 2 is 2.09 bits per heavy atom. The maximum absolute atomic E-state index is 12.2. The highest BCUT2D eigenvalue weighted by atomic mass is 35.5. The van der Waals surface area contributed by atoms with Gasteiger partial charge in [0.1, 0.15) is 10.8 Å². The first-order valence-electron chi connectivity index (χ1n) is 8.00. The SMILES string of the molecule is Cc1nc(Cl)ccc1CN1CCN(C(=O)OC(C)(C)C)C[C@H]1C. The van der Waals surface area contributed by atoms with E-state index in [1.165, 1.54) is 5.56 Å². The van der Waals surface area contributed by atoms with Crippen LogP contribution in [0.1, 0.15) is 39.0 Å². The van der Waals surface area contributed by atoms with E-state index in [0.29, 0.717) is 18.2 Å². The number of hydrogen-bond donors (Lipinski definition) is 0. The minimum atomic E-state index is -0.455. The molecular formula is C17H26ClN3O2. The number of rotatable bonds is 2. The molecule has 0 radical (unpaired) electrons. The molecule has 0 unspecified atom stereocenters. The van der Waals surface area contributed by atoms with E-state index in [-0.39, 0.29) is 12.1 Å². The number of hydrogen-bond acceptors (Lipinski definition) is 4. The predicted molar refractivity (Wildman–Crippen MR) is 91.7 cm³/mol. The Morgan fingerprint density at radius 1 is 1.39 bits per heavy atom. The van der Waals surface area contributed by atoms with Crippen LogP contribution < -0.4 is 0 Å². The minimum Gasteiger partial charge on any atom is -0.444 e. The van der Waals surface area contributed by atoms with Gasteiger partial charge in [-0.3, -0.25) is 4.90 Å². The van der Waals surface area contributed by atoms with E-state index < -0.39 is 5.60 Å². The van der Waals surface area contributed by atoms with Gasteiger partial charge in [-0.25, -0.2) is 9.78 Å². The van der Waals surface area contributed by atoms with Gasteiger partial charge in [0.05, 0.1) is 0 Å². The Morgan fingerprint density at radius 3 is 2.65 bits per heavy atom. The second-order valence-corrected chi connectivity index (χ2v) is 7.51. The van der Waals surface area contributed by atoms with Gasteiger partial charge >= 0.3 is 6.09 Å². The molecule has 6 heteroatoms. The molecule has 0 N–H and O–H groups in total. The van der Waals surface area contributed by atoms with Crippen LogP contribution in [0.2, 0.25) is 5.15 Å². The topological polar surface area (TPSA) is 45.7 Å². The summed E-state index contributed by atoms with van der Waals surface area (Å²) in [5.74, 6) is 0. The van der Waals surface area contributed by atoms with Crippen LogP contribution in [0.15, 0.2) is 12.1 Å². The molecule has 1 fully saturated rings. The zero-order chi connectivity index (χ0) is 17.2. The number of aromatic nitrogens is 1. The number of pyridine rings is 1. The third-order valence-electron chi connectivity index (χ3n) is 3.95. The molecule has 1 aliphatic heterocycles. The number of halogens is 1. The second-order valence-electron chi connectivity index (χ2n) is 7.12. The van der Waals surface area contributed by atoms with Gasteiger partial charge in [-0.15, -0.1) is 0 Å².